The van der Waals surface area contributed by atoms with Gasteiger partial charge in [0.1, 0.15) is 4.21 Å². The van der Waals surface area contributed by atoms with Gasteiger partial charge in [0.15, 0.2) is 0 Å². The van der Waals surface area contributed by atoms with Crippen molar-refractivity contribution >= 4 is 37.3 Å². The average Bonchev–Trinajstić information content (AvgIpc) is 2.78. The van der Waals surface area contributed by atoms with E-state index in [1.165, 1.54) is 16.9 Å². The van der Waals surface area contributed by atoms with E-state index in [-0.39, 0.29) is 0 Å². The Hall–Kier alpha value is -0.210. The van der Waals surface area contributed by atoms with Crippen molar-refractivity contribution in [3.8, 4) is 0 Å². The molecule has 0 saturated heterocycles. The normalized spacial score (nSPS) is 16.6. The molecule has 4 nitrogen and oxygen atoms in total. The Bertz CT molecular complexity index is 537. The van der Waals surface area contributed by atoms with Gasteiger partial charge in [-0.3, -0.25) is 0 Å². The number of thiophene rings is 1. The fourth-order valence-corrected chi connectivity index (χ4v) is 4.84. The van der Waals surface area contributed by atoms with E-state index in [9.17, 15) is 8.42 Å². The summed E-state index contributed by atoms with van der Waals surface area (Å²) in [5.41, 5.74) is 1.32. The van der Waals surface area contributed by atoms with Crippen LogP contribution in [0.4, 0.5) is 0 Å². The summed E-state index contributed by atoms with van der Waals surface area (Å²) in [6, 6.07) is 3.36. The van der Waals surface area contributed by atoms with Gasteiger partial charge in [0.2, 0.25) is 10.0 Å². The molecular formula is C11H15BrN2O2S2. The van der Waals surface area contributed by atoms with E-state index in [2.05, 4.69) is 32.0 Å². The molecule has 0 aliphatic carbocycles. The highest BCUT2D eigenvalue weighted by molar-refractivity contribution is 9.11. The Morgan fingerprint density at radius 3 is 2.89 bits per heavy atom. The van der Waals surface area contributed by atoms with E-state index in [1.807, 2.05) is 0 Å². The van der Waals surface area contributed by atoms with Crippen LogP contribution in [0.2, 0.25) is 0 Å². The predicted octanol–water partition coefficient (Wildman–Crippen LogP) is 2.10. The number of sulfonamides is 1. The molecule has 0 atom stereocenters. The molecule has 100 valence electrons. The van der Waals surface area contributed by atoms with Gasteiger partial charge in [-0.05, 0) is 47.4 Å². The number of hydrogen-bond acceptors (Lipinski definition) is 4. The highest BCUT2D eigenvalue weighted by Gasteiger charge is 2.16. The van der Waals surface area contributed by atoms with Crippen LogP contribution in [-0.2, 0) is 10.0 Å². The molecule has 0 radical (unpaired) electrons. The zero-order valence-electron chi connectivity index (χ0n) is 9.78. The Morgan fingerprint density at radius 2 is 2.28 bits per heavy atom. The van der Waals surface area contributed by atoms with Crippen molar-refractivity contribution in [2.45, 2.75) is 17.1 Å². The zero-order valence-corrected chi connectivity index (χ0v) is 13.0. The Morgan fingerprint density at radius 1 is 1.44 bits per heavy atom. The molecule has 2 heterocycles. The fourth-order valence-electron chi connectivity index (χ4n) is 1.76. The summed E-state index contributed by atoms with van der Waals surface area (Å²) >= 11 is 4.49. The van der Waals surface area contributed by atoms with Crippen molar-refractivity contribution in [3.63, 3.8) is 0 Å². The molecule has 0 bridgehead atoms. The van der Waals surface area contributed by atoms with Crippen molar-refractivity contribution in [1.29, 1.82) is 0 Å². The van der Waals surface area contributed by atoms with E-state index in [0.717, 1.165) is 29.7 Å². The van der Waals surface area contributed by atoms with Crippen LogP contribution in [0.5, 0.6) is 0 Å². The summed E-state index contributed by atoms with van der Waals surface area (Å²) in [7, 11) is -3.34. The van der Waals surface area contributed by atoms with Gasteiger partial charge >= 0.3 is 0 Å². The SMILES string of the molecule is O=S(=O)(NCCC1=CCNCC1)c1ccc(Br)s1. The second-order valence-electron chi connectivity index (χ2n) is 4.02. The van der Waals surface area contributed by atoms with Crippen LogP contribution >= 0.6 is 27.3 Å². The van der Waals surface area contributed by atoms with Crippen LogP contribution in [0.25, 0.3) is 0 Å². The highest BCUT2D eigenvalue weighted by atomic mass is 79.9. The maximum absolute atomic E-state index is 11.9. The molecule has 0 spiro atoms. The minimum atomic E-state index is -3.34. The summed E-state index contributed by atoms with van der Waals surface area (Å²) in [6.07, 6.45) is 3.93. The molecule has 2 rings (SSSR count). The van der Waals surface area contributed by atoms with Gasteiger partial charge in [0.25, 0.3) is 0 Å². The summed E-state index contributed by atoms with van der Waals surface area (Å²) in [6.45, 7) is 2.33. The monoisotopic (exact) mass is 350 g/mol. The first-order valence-electron chi connectivity index (χ1n) is 5.71. The summed E-state index contributed by atoms with van der Waals surface area (Å²) in [5, 5.41) is 3.23. The van der Waals surface area contributed by atoms with Gasteiger partial charge in [-0.1, -0.05) is 11.6 Å². The summed E-state index contributed by atoms with van der Waals surface area (Å²) in [4.78, 5) is 0. The minimum absolute atomic E-state index is 0.355. The molecular weight excluding hydrogens is 336 g/mol. The second-order valence-corrected chi connectivity index (χ2v) is 8.48. The molecule has 1 aromatic heterocycles. The molecule has 1 aliphatic heterocycles. The first-order valence-corrected chi connectivity index (χ1v) is 8.81. The van der Waals surface area contributed by atoms with Crippen molar-refractivity contribution in [2.24, 2.45) is 0 Å². The molecule has 7 heteroatoms. The maximum Gasteiger partial charge on any atom is 0.250 e. The number of rotatable bonds is 5. The summed E-state index contributed by atoms with van der Waals surface area (Å²) in [5.74, 6) is 0. The number of nitrogens with one attached hydrogen (secondary N) is 2. The first kappa shape index (κ1) is 14.2. The van der Waals surface area contributed by atoms with Crippen LogP contribution in [0.15, 0.2) is 31.8 Å². The quantitative estimate of drug-likeness (QED) is 0.799. The van der Waals surface area contributed by atoms with Crippen LogP contribution in [0, 0.1) is 0 Å². The molecule has 0 saturated carbocycles. The Labute approximate surface area is 120 Å². The van der Waals surface area contributed by atoms with Crippen molar-refractivity contribution in [3.05, 3.63) is 27.6 Å². The summed E-state index contributed by atoms with van der Waals surface area (Å²) < 4.78 is 27.7. The van der Waals surface area contributed by atoms with Crippen LogP contribution in [-0.4, -0.2) is 28.1 Å². The van der Waals surface area contributed by atoms with E-state index in [0.29, 0.717) is 10.8 Å². The lowest BCUT2D eigenvalue weighted by molar-refractivity contribution is 0.582. The fraction of sp³-hybridized carbons (Fsp3) is 0.455. The van der Waals surface area contributed by atoms with Crippen molar-refractivity contribution in [1.82, 2.24) is 10.0 Å². The van der Waals surface area contributed by atoms with Gasteiger partial charge in [-0.25, -0.2) is 13.1 Å². The molecule has 18 heavy (non-hydrogen) atoms. The lowest BCUT2D eigenvalue weighted by Crippen LogP contribution is -2.26. The molecule has 1 aliphatic rings. The van der Waals surface area contributed by atoms with Gasteiger partial charge in [0, 0.05) is 13.1 Å². The molecule has 2 N–H and O–H groups in total. The lowest BCUT2D eigenvalue weighted by atomic mass is 10.1. The maximum atomic E-state index is 11.9. The third-order valence-corrected chi connectivity index (χ3v) is 6.29. The first-order chi connectivity index (χ1) is 8.58. The van der Waals surface area contributed by atoms with E-state index < -0.39 is 10.0 Å². The highest BCUT2D eigenvalue weighted by Crippen LogP contribution is 2.25. The Balaban J connectivity index is 1.87. The molecule has 0 amide bonds. The van der Waals surface area contributed by atoms with Gasteiger partial charge in [0.05, 0.1) is 3.79 Å². The van der Waals surface area contributed by atoms with E-state index >= 15 is 0 Å². The van der Waals surface area contributed by atoms with E-state index in [4.69, 9.17) is 0 Å². The van der Waals surface area contributed by atoms with Crippen molar-refractivity contribution in [2.75, 3.05) is 19.6 Å². The van der Waals surface area contributed by atoms with Gasteiger partial charge in [-0.2, -0.15) is 0 Å². The second kappa shape index (κ2) is 6.29. The van der Waals surface area contributed by atoms with Crippen LogP contribution < -0.4 is 10.0 Å². The third kappa shape index (κ3) is 3.89. The predicted molar refractivity (Wildman–Crippen MR) is 77.4 cm³/mol. The van der Waals surface area contributed by atoms with Gasteiger partial charge in [-0.15, -0.1) is 11.3 Å². The molecule has 0 unspecified atom stereocenters. The largest absolute Gasteiger partial charge is 0.313 e. The van der Waals surface area contributed by atoms with Crippen LogP contribution in [0.3, 0.4) is 0 Å². The minimum Gasteiger partial charge on any atom is -0.313 e. The Kier molecular flexibility index (Phi) is 4.97. The number of hydrogen-bond donors (Lipinski definition) is 2. The average molecular weight is 351 g/mol. The lowest BCUT2D eigenvalue weighted by Gasteiger charge is -2.13. The topological polar surface area (TPSA) is 58.2 Å². The molecule has 0 aromatic carbocycles. The van der Waals surface area contributed by atoms with Crippen molar-refractivity contribution < 1.29 is 8.42 Å². The third-order valence-electron chi connectivity index (χ3n) is 2.71. The molecule has 1 aromatic rings. The smallest absolute Gasteiger partial charge is 0.250 e. The number of halogens is 1. The standard InChI is InChI=1S/C11H15BrN2O2S2/c12-10-1-2-11(17-10)18(15,16)14-8-5-9-3-6-13-7-4-9/h1-3,13-14H,4-8H2. The molecule has 0 fully saturated rings. The van der Waals surface area contributed by atoms with Gasteiger partial charge < -0.3 is 5.32 Å². The van der Waals surface area contributed by atoms with Crippen LogP contribution in [0.1, 0.15) is 12.8 Å². The zero-order chi connectivity index (χ0) is 13.0. The van der Waals surface area contributed by atoms with E-state index in [1.54, 1.807) is 12.1 Å².